The quantitative estimate of drug-likeness (QED) is 0.803. The third kappa shape index (κ3) is 2.43. The molecule has 0 radical (unpaired) electrons. The minimum atomic E-state index is -1.00. The monoisotopic (exact) mass is 286 g/mol. The van der Waals surface area contributed by atoms with Crippen molar-refractivity contribution in [2.24, 2.45) is 7.05 Å². The Labute approximate surface area is 119 Å². The Bertz CT molecular complexity index is 825. The maximum atomic E-state index is 12.9. The van der Waals surface area contributed by atoms with Crippen molar-refractivity contribution < 1.29 is 19.0 Å². The first-order valence-corrected chi connectivity index (χ1v) is 6.18. The van der Waals surface area contributed by atoms with E-state index in [0.29, 0.717) is 22.8 Å². The van der Waals surface area contributed by atoms with E-state index in [9.17, 15) is 9.18 Å². The molecule has 0 bridgehead atoms. The largest absolute Gasteiger partial charge is 0.478 e. The van der Waals surface area contributed by atoms with E-state index in [1.807, 2.05) is 0 Å². The van der Waals surface area contributed by atoms with Gasteiger partial charge in [0.25, 0.3) is 0 Å². The molecule has 2 aromatic carbocycles. The molecule has 0 aliphatic rings. The Balaban J connectivity index is 2.01. The summed E-state index contributed by atoms with van der Waals surface area (Å²) in [6, 6.07) is 10.5. The normalized spacial score (nSPS) is 10.8. The van der Waals surface area contributed by atoms with Crippen LogP contribution in [-0.4, -0.2) is 20.6 Å². The molecule has 0 amide bonds. The zero-order valence-corrected chi connectivity index (χ0v) is 11.1. The first-order chi connectivity index (χ1) is 10.0. The van der Waals surface area contributed by atoms with E-state index >= 15 is 0 Å². The van der Waals surface area contributed by atoms with Crippen LogP contribution in [0.4, 0.5) is 4.39 Å². The van der Waals surface area contributed by atoms with Crippen LogP contribution < -0.4 is 4.74 Å². The second-order valence-electron chi connectivity index (χ2n) is 4.52. The van der Waals surface area contributed by atoms with Crippen LogP contribution in [0.2, 0.25) is 0 Å². The summed E-state index contributed by atoms with van der Waals surface area (Å²) in [5.74, 6) is -0.897. The molecule has 6 heteroatoms. The number of carboxylic acid groups (broad SMARTS) is 1. The van der Waals surface area contributed by atoms with Gasteiger partial charge < -0.3 is 9.84 Å². The molecule has 1 aromatic heterocycles. The molecule has 1 N–H and O–H groups in total. The molecule has 3 aromatic rings. The van der Waals surface area contributed by atoms with Crippen LogP contribution in [0.1, 0.15) is 10.4 Å². The highest BCUT2D eigenvalue weighted by Crippen LogP contribution is 2.25. The molecule has 0 fully saturated rings. The van der Waals surface area contributed by atoms with Gasteiger partial charge in [0.2, 0.25) is 0 Å². The lowest BCUT2D eigenvalue weighted by Crippen LogP contribution is -1.97. The van der Waals surface area contributed by atoms with E-state index in [2.05, 4.69) is 4.98 Å². The number of aromatic nitrogens is 2. The Morgan fingerprint density at radius 3 is 2.62 bits per heavy atom. The van der Waals surface area contributed by atoms with Crippen molar-refractivity contribution in [3.05, 3.63) is 53.8 Å². The van der Waals surface area contributed by atoms with Crippen molar-refractivity contribution in [2.45, 2.75) is 0 Å². The minimum absolute atomic E-state index is 0.179. The highest BCUT2D eigenvalue weighted by Gasteiger charge is 2.12. The number of benzene rings is 2. The predicted octanol–water partition coefficient (Wildman–Crippen LogP) is 3.20. The second kappa shape index (κ2) is 4.90. The zero-order chi connectivity index (χ0) is 15.0. The highest BCUT2D eigenvalue weighted by molar-refractivity contribution is 5.92. The van der Waals surface area contributed by atoms with Crippen molar-refractivity contribution in [2.75, 3.05) is 0 Å². The summed E-state index contributed by atoms with van der Waals surface area (Å²) in [6.45, 7) is 0. The van der Waals surface area contributed by atoms with Crippen molar-refractivity contribution >= 4 is 17.0 Å². The van der Waals surface area contributed by atoms with Gasteiger partial charge in [-0.3, -0.25) is 4.57 Å². The summed E-state index contributed by atoms with van der Waals surface area (Å²) < 4.78 is 20.1. The first-order valence-electron chi connectivity index (χ1n) is 6.18. The van der Waals surface area contributed by atoms with Crippen molar-refractivity contribution in [1.29, 1.82) is 0 Å². The average Bonchev–Trinajstić information content (AvgIpc) is 2.77. The zero-order valence-electron chi connectivity index (χ0n) is 11.1. The predicted molar refractivity (Wildman–Crippen MR) is 74.1 cm³/mol. The lowest BCUT2D eigenvalue weighted by atomic mass is 10.2. The molecule has 0 saturated carbocycles. The van der Waals surface area contributed by atoms with Crippen molar-refractivity contribution in [3.8, 4) is 11.8 Å². The summed E-state index contributed by atoms with van der Waals surface area (Å²) in [5, 5.41) is 9.01. The van der Waals surface area contributed by atoms with E-state index in [1.54, 1.807) is 17.7 Å². The topological polar surface area (TPSA) is 64.4 Å². The van der Waals surface area contributed by atoms with E-state index < -0.39 is 5.97 Å². The number of aromatic carboxylic acids is 1. The van der Waals surface area contributed by atoms with Crippen LogP contribution in [0.25, 0.3) is 11.0 Å². The van der Waals surface area contributed by atoms with Gasteiger partial charge in [0, 0.05) is 7.05 Å². The van der Waals surface area contributed by atoms with E-state index in [1.165, 1.54) is 36.4 Å². The molecule has 106 valence electrons. The van der Waals surface area contributed by atoms with Crippen LogP contribution in [0, 0.1) is 5.82 Å². The molecule has 1 heterocycles. The molecule has 0 aliphatic carbocycles. The molecule has 0 atom stereocenters. The lowest BCUT2D eigenvalue weighted by Gasteiger charge is -2.04. The third-order valence-electron chi connectivity index (χ3n) is 3.11. The first kappa shape index (κ1) is 13.1. The third-order valence-corrected chi connectivity index (χ3v) is 3.11. The minimum Gasteiger partial charge on any atom is -0.478 e. The fourth-order valence-electron chi connectivity index (χ4n) is 2.00. The molecule has 0 spiro atoms. The van der Waals surface area contributed by atoms with Gasteiger partial charge in [-0.25, -0.2) is 9.18 Å². The smallest absolute Gasteiger partial charge is 0.335 e. The Hall–Kier alpha value is -2.89. The Morgan fingerprint density at radius 1 is 1.24 bits per heavy atom. The second-order valence-corrected chi connectivity index (χ2v) is 4.52. The molecule has 21 heavy (non-hydrogen) atoms. The van der Waals surface area contributed by atoms with Crippen molar-refractivity contribution in [1.82, 2.24) is 9.55 Å². The number of carbonyl (C=O) groups is 1. The van der Waals surface area contributed by atoms with Gasteiger partial charge in [-0.1, -0.05) is 0 Å². The number of rotatable bonds is 3. The molecular formula is C15H11FN2O3. The summed E-state index contributed by atoms with van der Waals surface area (Å²) in [4.78, 5) is 15.3. The summed E-state index contributed by atoms with van der Waals surface area (Å²) in [5.41, 5.74) is 1.45. The van der Waals surface area contributed by atoms with Gasteiger partial charge in [-0.05, 0) is 42.5 Å². The number of halogens is 1. The van der Waals surface area contributed by atoms with Gasteiger partial charge in [-0.2, -0.15) is 4.98 Å². The van der Waals surface area contributed by atoms with Gasteiger partial charge in [-0.15, -0.1) is 0 Å². The molecular weight excluding hydrogens is 275 g/mol. The highest BCUT2D eigenvalue weighted by atomic mass is 19.1. The van der Waals surface area contributed by atoms with Crippen molar-refractivity contribution in [3.63, 3.8) is 0 Å². The SMILES string of the molecule is Cn1c(Oc2ccc(F)cc2)nc2ccc(C(=O)O)cc21. The summed E-state index contributed by atoms with van der Waals surface area (Å²) in [6.07, 6.45) is 0. The standard InChI is InChI=1S/C15H11FN2O3/c1-18-13-8-9(14(19)20)2-7-12(13)17-15(18)21-11-5-3-10(16)4-6-11/h2-8H,1H3,(H,19,20). The molecule has 3 rings (SSSR count). The number of hydrogen-bond acceptors (Lipinski definition) is 3. The number of ether oxygens (including phenoxy) is 1. The van der Waals surface area contributed by atoms with Crippen LogP contribution in [0.15, 0.2) is 42.5 Å². The average molecular weight is 286 g/mol. The number of aryl methyl sites for hydroxylation is 1. The fourth-order valence-corrected chi connectivity index (χ4v) is 2.00. The van der Waals surface area contributed by atoms with Gasteiger partial charge in [0.05, 0.1) is 16.6 Å². The fraction of sp³-hybridized carbons (Fsp3) is 0.0667. The van der Waals surface area contributed by atoms with Crippen LogP contribution in [-0.2, 0) is 7.05 Å². The van der Waals surface area contributed by atoms with E-state index in [4.69, 9.17) is 9.84 Å². The van der Waals surface area contributed by atoms with Gasteiger partial charge in [0.1, 0.15) is 11.6 Å². The summed E-state index contributed by atoms with van der Waals surface area (Å²) >= 11 is 0. The lowest BCUT2D eigenvalue weighted by molar-refractivity contribution is 0.0697. The Morgan fingerprint density at radius 2 is 1.95 bits per heavy atom. The number of fused-ring (bicyclic) bond motifs is 1. The Kier molecular flexibility index (Phi) is 3.06. The molecule has 0 unspecified atom stereocenters. The molecule has 5 nitrogen and oxygen atoms in total. The van der Waals surface area contributed by atoms with Crippen LogP contribution >= 0.6 is 0 Å². The number of nitrogens with zero attached hydrogens (tertiary/aromatic N) is 2. The molecule has 0 saturated heterocycles. The number of imidazole rings is 1. The summed E-state index contributed by atoms with van der Waals surface area (Å²) in [7, 11) is 1.72. The van der Waals surface area contributed by atoms with Crippen LogP contribution in [0.3, 0.4) is 0 Å². The van der Waals surface area contributed by atoms with Gasteiger partial charge >= 0.3 is 12.0 Å². The van der Waals surface area contributed by atoms with Crippen LogP contribution in [0.5, 0.6) is 11.8 Å². The van der Waals surface area contributed by atoms with Gasteiger partial charge in [0.15, 0.2) is 0 Å². The maximum Gasteiger partial charge on any atom is 0.335 e. The van der Waals surface area contributed by atoms with E-state index in [-0.39, 0.29) is 11.4 Å². The number of hydrogen-bond donors (Lipinski definition) is 1. The molecule has 0 aliphatic heterocycles. The maximum absolute atomic E-state index is 12.9. The number of carboxylic acids is 1. The van der Waals surface area contributed by atoms with E-state index in [0.717, 1.165) is 0 Å².